The molecule has 0 radical (unpaired) electrons. The maximum absolute atomic E-state index is 13.0. The molecule has 118 valence electrons. The maximum atomic E-state index is 13.0. The van der Waals surface area contributed by atoms with Crippen molar-refractivity contribution >= 4 is 37.5 Å². The number of ether oxygens (including phenoxy) is 1. The van der Waals surface area contributed by atoms with Crippen LogP contribution in [0, 0.1) is 6.92 Å². The molecule has 0 spiro atoms. The van der Waals surface area contributed by atoms with E-state index < -0.39 is 10.0 Å². The Morgan fingerprint density at radius 2 is 2.18 bits per heavy atom. The lowest BCUT2D eigenvalue weighted by Gasteiger charge is -2.34. The van der Waals surface area contributed by atoms with Crippen LogP contribution in [0.15, 0.2) is 32.1 Å². The highest BCUT2D eigenvalue weighted by Crippen LogP contribution is 2.40. The number of aromatic nitrogens is 1. The first kappa shape index (κ1) is 15.2. The van der Waals surface area contributed by atoms with Crippen LogP contribution in [0.3, 0.4) is 0 Å². The van der Waals surface area contributed by atoms with Crippen molar-refractivity contribution in [3.05, 3.63) is 28.4 Å². The van der Waals surface area contributed by atoms with Gasteiger partial charge in [-0.1, -0.05) is 21.1 Å². The molecule has 1 aliphatic heterocycles. The first-order valence-corrected chi connectivity index (χ1v) is 8.74. The van der Waals surface area contributed by atoms with Crippen LogP contribution in [-0.2, 0) is 10.0 Å². The number of hydrogen-bond donors (Lipinski definition) is 1. The fourth-order valence-electron chi connectivity index (χ4n) is 2.40. The summed E-state index contributed by atoms with van der Waals surface area (Å²) in [6, 6.07) is 5.21. The predicted molar refractivity (Wildman–Crippen MR) is 84.4 cm³/mol. The van der Waals surface area contributed by atoms with Gasteiger partial charge in [-0.3, -0.25) is 4.31 Å². The molecule has 1 aromatic carbocycles. The highest BCUT2D eigenvalue weighted by molar-refractivity contribution is 9.10. The number of nitrogens with two attached hydrogens (primary N) is 1. The van der Waals surface area contributed by atoms with E-state index in [1.54, 1.807) is 25.1 Å². The van der Waals surface area contributed by atoms with Crippen molar-refractivity contribution in [2.45, 2.75) is 24.8 Å². The Morgan fingerprint density at radius 1 is 1.45 bits per heavy atom. The molecule has 22 heavy (non-hydrogen) atoms. The topological polar surface area (TPSA) is 98.7 Å². The second kappa shape index (κ2) is 5.17. The molecule has 1 aliphatic rings. The van der Waals surface area contributed by atoms with E-state index in [4.69, 9.17) is 15.0 Å². The standard InChI is InChI=1S/C13H14BrN3O4S/c1-7-6-17(10-5-9(14)3-4-11(10)20-7)22(18,19)12-8(2)21-16-13(12)15/h3-5,7H,6H2,1-2H3,(H2,15,16). The Hall–Kier alpha value is -1.74. The summed E-state index contributed by atoms with van der Waals surface area (Å²) in [7, 11) is -3.89. The van der Waals surface area contributed by atoms with Crippen molar-refractivity contribution in [3.8, 4) is 5.75 Å². The molecule has 0 amide bonds. The number of anilines is 2. The lowest BCUT2D eigenvalue weighted by atomic mass is 10.2. The zero-order chi connectivity index (χ0) is 16.1. The number of nitrogen functional groups attached to an aromatic ring is 1. The number of benzene rings is 1. The van der Waals surface area contributed by atoms with Crippen LogP contribution in [-0.4, -0.2) is 26.2 Å². The highest BCUT2D eigenvalue weighted by atomic mass is 79.9. The first-order valence-electron chi connectivity index (χ1n) is 6.51. The Bertz CT molecular complexity index is 814. The van der Waals surface area contributed by atoms with Crippen molar-refractivity contribution in [1.82, 2.24) is 5.16 Å². The van der Waals surface area contributed by atoms with Crippen molar-refractivity contribution in [1.29, 1.82) is 0 Å². The van der Waals surface area contributed by atoms with E-state index in [1.807, 2.05) is 0 Å². The van der Waals surface area contributed by atoms with Crippen molar-refractivity contribution < 1.29 is 17.7 Å². The van der Waals surface area contributed by atoms with Crippen LogP contribution >= 0.6 is 15.9 Å². The van der Waals surface area contributed by atoms with E-state index in [0.29, 0.717) is 11.4 Å². The molecule has 1 atom stereocenters. The molecular formula is C13H14BrN3O4S. The van der Waals surface area contributed by atoms with E-state index in [0.717, 1.165) is 4.47 Å². The number of hydrogen-bond acceptors (Lipinski definition) is 6. The summed E-state index contributed by atoms with van der Waals surface area (Å²) >= 11 is 3.34. The third-order valence-electron chi connectivity index (χ3n) is 3.32. The van der Waals surface area contributed by atoms with E-state index in [1.165, 1.54) is 11.2 Å². The second-order valence-corrected chi connectivity index (χ2v) is 7.74. The molecule has 9 heteroatoms. The summed E-state index contributed by atoms with van der Waals surface area (Å²) in [5, 5.41) is 3.53. The Balaban J connectivity index is 2.18. The fraction of sp³-hybridized carbons (Fsp3) is 0.308. The van der Waals surface area contributed by atoms with Gasteiger partial charge in [-0.15, -0.1) is 0 Å². The summed E-state index contributed by atoms with van der Waals surface area (Å²) in [6.45, 7) is 3.50. The van der Waals surface area contributed by atoms with E-state index in [-0.39, 0.29) is 29.1 Å². The lowest BCUT2D eigenvalue weighted by Crippen LogP contribution is -2.42. The summed E-state index contributed by atoms with van der Waals surface area (Å²) < 4.78 is 38.6. The van der Waals surface area contributed by atoms with Gasteiger partial charge in [0.05, 0.1) is 12.2 Å². The van der Waals surface area contributed by atoms with Crippen molar-refractivity contribution in [2.75, 3.05) is 16.6 Å². The molecule has 0 aliphatic carbocycles. The number of fused-ring (bicyclic) bond motifs is 1. The smallest absolute Gasteiger partial charge is 0.271 e. The maximum Gasteiger partial charge on any atom is 0.271 e. The molecule has 1 aromatic heterocycles. The molecule has 0 fully saturated rings. The number of sulfonamides is 1. The molecule has 0 bridgehead atoms. The molecule has 2 aromatic rings. The minimum atomic E-state index is -3.89. The zero-order valence-electron chi connectivity index (χ0n) is 11.9. The third-order valence-corrected chi connectivity index (χ3v) is 5.75. The van der Waals surface area contributed by atoms with Gasteiger partial charge < -0.3 is 15.0 Å². The van der Waals surface area contributed by atoms with Gasteiger partial charge >= 0.3 is 0 Å². The molecule has 1 unspecified atom stereocenters. The summed E-state index contributed by atoms with van der Waals surface area (Å²) in [4.78, 5) is -0.104. The SMILES string of the molecule is Cc1onc(N)c1S(=O)(=O)N1CC(C)Oc2ccc(Br)cc21. The van der Waals surface area contributed by atoms with E-state index in [2.05, 4.69) is 21.1 Å². The van der Waals surface area contributed by atoms with Crippen molar-refractivity contribution in [3.63, 3.8) is 0 Å². The molecule has 0 saturated carbocycles. The minimum Gasteiger partial charge on any atom is -0.487 e. The largest absolute Gasteiger partial charge is 0.487 e. The Morgan fingerprint density at radius 3 is 2.82 bits per heavy atom. The van der Waals surface area contributed by atoms with Crippen LogP contribution in [0.2, 0.25) is 0 Å². The van der Waals surface area contributed by atoms with E-state index >= 15 is 0 Å². The van der Waals surface area contributed by atoms with Gasteiger partial charge in [0.25, 0.3) is 10.0 Å². The number of rotatable bonds is 2. The number of halogens is 1. The van der Waals surface area contributed by atoms with Crippen molar-refractivity contribution in [2.24, 2.45) is 0 Å². The molecular weight excluding hydrogens is 374 g/mol. The van der Waals surface area contributed by atoms with Crippen LogP contribution < -0.4 is 14.8 Å². The number of aryl methyl sites for hydroxylation is 1. The third kappa shape index (κ3) is 2.34. The molecule has 3 rings (SSSR count). The predicted octanol–water partition coefficient (Wildman–Crippen LogP) is 2.30. The van der Waals surface area contributed by atoms with Gasteiger partial charge in [-0.2, -0.15) is 0 Å². The minimum absolute atomic E-state index is 0.104. The summed E-state index contributed by atoms with van der Waals surface area (Å²) in [5.41, 5.74) is 6.12. The number of nitrogens with zero attached hydrogens (tertiary/aromatic N) is 2. The molecule has 2 heterocycles. The summed E-state index contributed by atoms with van der Waals surface area (Å²) in [6.07, 6.45) is -0.287. The average Bonchev–Trinajstić information content (AvgIpc) is 2.78. The normalized spacial score (nSPS) is 18.0. The van der Waals surface area contributed by atoms with Crippen LogP contribution in [0.1, 0.15) is 12.7 Å². The van der Waals surface area contributed by atoms with Crippen LogP contribution in [0.4, 0.5) is 11.5 Å². The first-order chi connectivity index (χ1) is 10.3. The van der Waals surface area contributed by atoms with Gasteiger partial charge in [-0.05, 0) is 32.0 Å². The second-order valence-electron chi connectivity index (χ2n) is 5.03. The van der Waals surface area contributed by atoms with Crippen LogP contribution in [0.5, 0.6) is 5.75 Å². The van der Waals surface area contributed by atoms with Gasteiger partial charge in [0.1, 0.15) is 11.9 Å². The van der Waals surface area contributed by atoms with Crippen LogP contribution in [0.25, 0.3) is 0 Å². The Labute approximate surface area is 136 Å². The van der Waals surface area contributed by atoms with Gasteiger partial charge in [0.15, 0.2) is 16.5 Å². The van der Waals surface area contributed by atoms with Gasteiger partial charge in [0.2, 0.25) is 0 Å². The van der Waals surface area contributed by atoms with Gasteiger partial charge in [0, 0.05) is 4.47 Å². The average molecular weight is 388 g/mol. The quantitative estimate of drug-likeness (QED) is 0.848. The summed E-state index contributed by atoms with van der Waals surface area (Å²) in [5.74, 6) is 0.514. The molecule has 2 N–H and O–H groups in total. The molecule has 0 saturated heterocycles. The fourth-order valence-corrected chi connectivity index (χ4v) is 4.48. The zero-order valence-corrected chi connectivity index (χ0v) is 14.3. The van der Waals surface area contributed by atoms with Gasteiger partial charge in [-0.25, -0.2) is 8.42 Å². The Kier molecular flexibility index (Phi) is 3.56. The highest BCUT2D eigenvalue weighted by Gasteiger charge is 2.37. The molecule has 7 nitrogen and oxygen atoms in total. The van der Waals surface area contributed by atoms with E-state index in [9.17, 15) is 8.42 Å². The lowest BCUT2D eigenvalue weighted by molar-refractivity contribution is 0.219. The monoisotopic (exact) mass is 387 g/mol.